The minimum absolute atomic E-state index is 0.0504. The van der Waals surface area contributed by atoms with Gasteiger partial charge < -0.3 is 43.0 Å². The summed E-state index contributed by atoms with van der Waals surface area (Å²) in [5.74, 6) is 3.82. The van der Waals surface area contributed by atoms with Crippen LogP contribution in [-0.4, -0.2) is 106 Å². The highest BCUT2D eigenvalue weighted by Gasteiger charge is 2.72. The highest BCUT2D eigenvalue weighted by molar-refractivity contribution is 5.91. The fraction of sp³-hybridized carbons (Fsp3) is 0.731. The maximum absolute atomic E-state index is 11.9. The Morgan fingerprint density at radius 1 is 0.583 bits per heavy atom. The predicted molar refractivity (Wildman–Crippen MR) is 357 cm³/mol. The van der Waals surface area contributed by atoms with Crippen LogP contribution in [0.3, 0.4) is 0 Å². The minimum atomic E-state index is -0.985. The van der Waals surface area contributed by atoms with Crippen LogP contribution in [0.5, 0.6) is 0 Å². The molecule has 0 radical (unpaired) electrons. The summed E-state index contributed by atoms with van der Waals surface area (Å²) in [7, 11) is 0. The first-order valence-corrected chi connectivity index (χ1v) is 35.7. The summed E-state index contributed by atoms with van der Waals surface area (Å²) >= 11 is 0. The van der Waals surface area contributed by atoms with Crippen molar-refractivity contribution in [1.29, 1.82) is 5.26 Å². The number of carbonyl (C=O) groups excluding carboxylic acids is 8. The monoisotopic (exact) mass is 1330 g/mol. The Balaban J connectivity index is 0.000000136. The second-order valence-electron chi connectivity index (χ2n) is 33.0. The SMILES string of the molecule is C=C(C)C(=O)OC(C)(C)C12CC3CC(CC(C3)C1)C2.C=C(C)C(=O)OC1(C)C2CC3CC(C2)CC1C3.C=C(C)C(=O)OC1(CC)CCCC1.C=C(C)C(=O)OC12CC3CC(CC(O)(C3)C1)C2.C=C(C)C(=O)OC1C2CC3C1OC(=O)C3(C#N)C2.C=C(C)C(=O)OC1CCOC1=O. The number of hydrogen-bond donors (Lipinski definition) is 1. The molecule has 14 bridgehead atoms. The van der Waals surface area contributed by atoms with Crippen LogP contribution in [0.25, 0.3) is 0 Å². The third-order valence-corrected chi connectivity index (χ3v) is 24.7. The van der Waals surface area contributed by atoms with Crippen molar-refractivity contribution in [3.63, 3.8) is 0 Å². The Bertz CT molecular complexity index is 3110. The zero-order valence-electron chi connectivity index (χ0n) is 59.1. The van der Waals surface area contributed by atoms with Crippen LogP contribution in [0.15, 0.2) is 72.9 Å². The maximum atomic E-state index is 11.9. The molecule has 2 saturated heterocycles. The van der Waals surface area contributed by atoms with Crippen LogP contribution in [0.4, 0.5) is 0 Å². The van der Waals surface area contributed by atoms with Gasteiger partial charge in [0.2, 0.25) is 6.10 Å². The van der Waals surface area contributed by atoms with Crippen molar-refractivity contribution in [2.24, 2.45) is 75.9 Å². The molecule has 15 saturated carbocycles. The highest BCUT2D eigenvalue weighted by Crippen LogP contribution is 2.66. The number of nitrogens with zero attached hydrogens (tertiary/aromatic N) is 1. The molecule has 2 heterocycles. The van der Waals surface area contributed by atoms with E-state index in [1.165, 1.54) is 96.8 Å². The Hall–Kier alpha value is -6.35. The third-order valence-electron chi connectivity index (χ3n) is 24.7. The van der Waals surface area contributed by atoms with Gasteiger partial charge in [0, 0.05) is 63.5 Å². The van der Waals surface area contributed by atoms with Gasteiger partial charge >= 0.3 is 47.8 Å². The lowest BCUT2D eigenvalue weighted by molar-refractivity contribution is -0.217. The number of aliphatic hydroxyl groups is 1. The zero-order valence-corrected chi connectivity index (χ0v) is 59.1. The summed E-state index contributed by atoms with van der Waals surface area (Å²) in [6.45, 7) is 40.3. The number of fused-ring (bicyclic) bond motifs is 1. The van der Waals surface area contributed by atoms with Crippen LogP contribution in [0, 0.1) is 87.3 Å². The lowest BCUT2D eigenvalue weighted by atomic mass is 9.46. The smallest absolute Gasteiger partial charge is 0.347 e. The average molecular weight is 1330 g/mol. The van der Waals surface area contributed by atoms with Gasteiger partial charge in [-0.25, -0.2) is 33.6 Å². The molecule has 17 fully saturated rings. The lowest BCUT2D eigenvalue weighted by Crippen LogP contribution is -2.60. The van der Waals surface area contributed by atoms with E-state index in [-0.39, 0.29) is 63.5 Å². The standard InChI is InChI=1S/C17H26O2.C15H22O2.C14H20O3.C13H13NO4.C11H18O2.C8H10O4/c1-11(2)15(18)19-16(3,4)17-8-12-5-13(9-17)7-14(6-12)10-17;1-9(2)14(16)17-15(3)12-5-10-4-11(7-12)8-13(15)6-10;1-9(2)12(15)17-14-6-10-3-11(7-14)5-13(16,4-10)8-14;1-6(2)11(15)17-9-7-3-8-10(9)18-12(16)13(8,4-7)5-14;1-4-11(7-5-6-8-11)13-10(12)9(2)3;1-5(2)7(9)12-6-3-4-11-8(6)10/h12-14H,1,5-10H2,2-4H3;10-13H,1,4-8H2,2-3H3;10-11,16H,1,3-8H2,2H3;7-10H,1,3-4H2,2H3;2,4-8H2,1,3H3;6H,1,3-4H2,2H3. The Morgan fingerprint density at radius 3 is 1.49 bits per heavy atom. The number of esters is 8. The molecule has 528 valence electrons. The Morgan fingerprint density at radius 2 is 1.04 bits per heavy atom. The third kappa shape index (κ3) is 15.6. The molecule has 15 aliphatic carbocycles. The molecule has 17 aliphatic rings. The number of nitriles is 1. The minimum Gasteiger partial charge on any atom is -0.463 e. The summed E-state index contributed by atoms with van der Waals surface area (Å²) in [6, 6.07) is 2.11. The van der Waals surface area contributed by atoms with Crippen LogP contribution in [0.2, 0.25) is 0 Å². The first-order chi connectivity index (χ1) is 44.9. The van der Waals surface area contributed by atoms with Gasteiger partial charge in [-0.1, -0.05) is 46.4 Å². The second-order valence-corrected chi connectivity index (χ2v) is 33.0. The van der Waals surface area contributed by atoms with Gasteiger partial charge in [-0.3, -0.25) is 4.79 Å². The van der Waals surface area contributed by atoms with E-state index in [0.717, 1.165) is 81.0 Å². The molecule has 1 N–H and O–H groups in total. The summed E-state index contributed by atoms with van der Waals surface area (Å²) in [6.07, 6.45) is 25.4. The summed E-state index contributed by atoms with van der Waals surface area (Å²) in [5, 5.41) is 19.7. The molecule has 96 heavy (non-hydrogen) atoms. The fourth-order valence-corrected chi connectivity index (χ4v) is 20.5. The molecule has 0 aromatic rings. The van der Waals surface area contributed by atoms with E-state index in [1.807, 2.05) is 0 Å². The quantitative estimate of drug-likeness (QED) is 0.0963. The largest absolute Gasteiger partial charge is 0.463 e. The van der Waals surface area contributed by atoms with Crippen molar-refractivity contribution in [1.82, 2.24) is 0 Å². The maximum Gasteiger partial charge on any atom is 0.347 e. The van der Waals surface area contributed by atoms with Crippen molar-refractivity contribution in [2.45, 2.75) is 276 Å². The normalized spacial score (nSPS) is 38.1. The number of cyclic esters (lactones) is 1. The first kappa shape index (κ1) is 73.9. The number of carbonyl (C=O) groups is 8. The van der Waals surface area contributed by atoms with Gasteiger partial charge in [-0.05, 0) is 263 Å². The molecule has 0 aromatic carbocycles. The Labute approximate surface area is 569 Å². The van der Waals surface area contributed by atoms with E-state index < -0.39 is 58.8 Å². The molecular weight excluding hydrogens is 1220 g/mol. The predicted octanol–water partition coefficient (Wildman–Crippen LogP) is 13.8. The van der Waals surface area contributed by atoms with Gasteiger partial charge in [-0.2, -0.15) is 5.26 Å². The highest BCUT2D eigenvalue weighted by atomic mass is 16.6. The number of hydrogen-bond acceptors (Lipinski definition) is 18. The second kappa shape index (κ2) is 28.5. The van der Waals surface area contributed by atoms with Gasteiger partial charge in [0.1, 0.15) is 34.6 Å². The number of ether oxygens (including phenoxy) is 8. The van der Waals surface area contributed by atoms with Crippen molar-refractivity contribution < 1.29 is 81.4 Å². The Kier molecular flexibility index (Phi) is 21.9. The van der Waals surface area contributed by atoms with Gasteiger partial charge in [0.25, 0.3) is 0 Å². The van der Waals surface area contributed by atoms with E-state index in [4.69, 9.17) is 33.2 Å². The molecule has 18 heteroatoms. The van der Waals surface area contributed by atoms with Crippen LogP contribution < -0.4 is 0 Å². The van der Waals surface area contributed by atoms with E-state index in [2.05, 4.69) is 78.0 Å². The molecule has 17 rings (SSSR count). The van der Waals surface area contributed by atoms with Crippen LogP contribution in [-0.2, 0) is 76.3 Å². The topological polar surface area (TPSA) is 254 Å². The summed E-state index contributed by atoms with van der Waals surface area (Å²) in [5.41, 5.74) is 0.162. The summed E-state index contributed by atoms with van der Waals surface area (Å²) < 4.78 is 42.8. The molecular formula is C78H109NO17. The fourth-order valence-electron chi connectivity index (χ4n) is 20.5. The molecule has 0 aromatic heterocycles. The van der Waals surface area contributed by atoms with Gasteiger partial charge in [0.05, 0.1) is 18.3 Å². The van der Waals surface area contributed by atoms with Crippen molar-refractivity contribution >= 4 is 47.8 Å². The zero-order chi connectivity index (χ0) is 70.4. The van der Waals surface area contributed by atoms with E-state index in [9.17, 15) is 48.7 Å². The molecule has 0 spiro atoms. The van der Waals surface area contributed by atoms with Crippen molar-refractivity contribution in [3.8, 4) is 6.07 Å². The van der Waals surface area contributed by atoms with E-state index >= 15 is 0 Å². The first-order valence-electron chi connectivity index (χ1n) is 35.7. The molecule has 8 unspecified atom stereocenters. The van der Waals surface area contributed by atoms with Crippen LogP contribution >= 0.6 is 0 Å². The molecule has 2 aliphatic heterocycles. The van der Waals surface area contributed by atoms with Crippen LogP contribution in [0.1, 0.15) is 230 Å². The van der Waals surface area contributed by atoms with E-state index in [0.29, 0.717) is 77.4 Å². The lowest BCUT2D eigenvalue weighted by Gasteiger charge is -2.61. The number of rotatable bonds is 14. The van der Waals surface area contributed by atoms with Gasteiger partial charge in [0.15, 0.2) is 5.41 Å². The van der Waals surface area contributed by atoms with Crippen molar-refractivity contribution in [3.05, 3.63) is 72.9 Å². The average Bonchev–Trinajstić information content (AvgIpc) is 1.02. The van der Waals surface area contributed by atoms with Gasteiger partial charge in [-0.15, -0.1) is 0 Å². The molecule has 8 atom stereocenters. The van der Waals surface area contributed by atoms with E-state index in [1.54, 1.807) is 34.6 Å². The molecule has 0 amide bonds. The van der Waals surface area contributed by atoms with Crippen molar-refractivity contribution in [2.75, 3.05) is 6.61 Å². The molecule has 18 nitrogen and oxygen atoms in total. The summed E-state index contributed by atoms with van der Waals surface area (Å²) in [4.78, 5) is 91.9.